The van der Waals surface area contributed by atoms with Crippen molar-refractivity contribution in [2.45, 2.75) is 19.1 Å². The van der Waals surface area contributed by atoms with Crippen LogP contribution in [0.15, 0.2) is 18.2 Å². The zero-order chi connectivity index (χ0) is 13.1. The molecule has 1 aromatic rings. The number of benzene rings is 1. The van der Waals surface area contributed by atoms with E-state index >= 15 is 0 Å². The third kappa shape index (κ3) is 3.05. The van der Waals surface area contributed by atoms with E-state index in [0.717, 1.165) is 18.8 Å². The lowest BCUT2D eigenvalue weighted by atomic mass is 10.1. The SMILES string of the molecule is COc1cc(OC2CN(C[C@H](C)O)C2)ccc1N. The number of nitrogens with two attached hydrogens (primary N) is 1. The molecule has 0 spiro atoms. The van der Waals surface area contributed by atoms with Gasteiger partial charge in [-0.1, -0.05) is 0 Å². The molecule has 0 aromatic heterocycles. The third-order valence-corrected chi connectivity index (χ3v) is 2.95. The molecule has 3 N–H and O–H groups in total. The lowest BCUT2D eigenvalue weighted by molar-refractivity contribution is -0.00436. The fraction of sp³-hybridized carbons (Fsp3) is 0.538. The molecule has 1 fully saturated rings. The number of hydrogen-bond donors (Lipinski definition) is 2. The normalized spacial score (nSPS) is 18.2. The first-order valence-corrected chi connectivity index (χ1v) is 6.09. The molecular formula is C13H20N2O3. The zero-order valence-electron chi connectivity index (χ0n) is 10.8. The maximum Gasteiger partial charge on any atom is 0.145 e. The molecule has 100 valence electrons. The number of nitrogens with zero attached hydrogens (tertiary/aromatic N) is 1. The monoisotopic (exact) mass is 252 g/mol. The Bertz CT molecular complexity index is 403. The van der Waals surface area contributed by atoms with Crippen molar-refractivity contribution in [3.05, 3.63) is 18.2 Å². The van der Waals surface area contributed by atoms with Gasteiger partial charge in [0.1, 0.15) is 17.6 Å². The molecule has 5 nitrogen and oxygen atoms in total. The Labute approximate surface area is 107 Å². The van der Waals surface area contributed by atoms with Gasteiger partial charge in [0.2, 0.25) is 0 Å². The Morgan fingerprint density at radius 2 is 2.22 bits per heavy atom. The predicted octanol–water partition coefficient (Wildman–Crippen LogP) is 0.721. The molecule has 1 saturated heterocycles. The van der Waals surface area contributed by atoms with Crippen molar-refractivity contribution in [2.75, 3.05) is 32.5 Å². The van der Waals surface area contributed by atoms with Crippen LogP contribution < -0.4 is 15.2 Å². The molecule has 0 unspecified atom stereocenters. The standard InChI is InChI=1S/C13H20N2O3/c1-9(16)6-15-7-11(8-15)18-10-3-4-12(14)13(5-10)17-2/h3-5,9,11,16H,6-8,14H2,1-2H3/t9-/m0/s1. The first kappa shape index (κ1) is 13.0. The number of methoxy groups -OCH3 is 1. The molecule has 5 heteroatoms. The Morgan fingerprint density at radius 1 is 1.50 bits per heavy atom. The second-order valence-electron chi connectivity index (χ2n) is 4.71. The van der Waals surface area contributed by atoms with E-state index in [4.69, 9.17) is 15.2 Å². The summed E-state index contributed by atoms with van der Waals surface area (Å²) in [6.07, 6.45) is -0.111. The molecule has 1 aromatic carbocycles. The molecule has 1 atom stereocenters. The number of hydrogen-bond acceptors (Lipinski definition) is 5. The Hall–Kier alpha value is -1.46. The Kier molecular flexibility index (Phi) is 3.93. The van der Waals surface area contributed by atoms with Gasteiger partial charge in [0.25, 0.3) is 0 Å². The third-order valence-electron chi connectivity index (χ3n) is 2.95. The molecule has 0 aliphatic carbocycles. The molecular weight excluding hydrogens is 232 g/mol. The minimum Gasteiger partial charge on any atom is -0.494 e. The number of anilines is 1. The molecule has 2 rings (SSSR count). The van der Waals surface area contributed by atoms with Crippen LogP contribution in [0.5, 0.6) is 11.5 Å². The van der Waals surface area contributed by atoms with E-state index in [0.29, 0.717) is 18.0 Å². The summed E-state index contributed by atoms with van der Waals surface area (Å²) in [5, 5.41) is 9.25. The molecule has 0 amide bonds. The Balaban J connectivity index is 1.85. The number of ether oxygens (including phenoxy) is 2. The van der Waals surface area contributed by atoms with E-state index in [1.54, 1.807) is 26.2 Å². The summed E-state index contributed by atoms with van der Waals surface area (Å²) in [6.45, 7) is 4.18. The summed E-state index contributed by atoms with van der Waals surface area (Å²) in [5.41, 5.74) is 6.34. The van der Waals surface area contributed by atoms with E-state index in [1.165, 1.54) is 0 Å². The van der Waals surface area contributed by atoms with Crippen molar-refractivity contribution in [1.29, 1.82) is 0 Å². The van der Waals surface area contributed by atoms with E-state index in [-0.39, 0.29) is 12.2 Å². The van der Waals surface area contributed by atoms with Gasteiger partial charge in [-0.15, -0.1) is 0 Å². The van der Waals surface area contributed by atoms with Gasteiger partial charge in [-0.3, -0.25) is 4.90 Å². The van der Waals surface area contributed by atoms with Crippen LogP contribution in [0, 0.1) is 0 Å². The van der Waals surface area contributed by atoms with Crippen molar-refractivity contribution < 1.29 is 14.6 Å². The fourth-order valence-corrected chi connectivity index (χ4v) is 2.08. The van der Waals surface area contributed by atoms with Crippen molar-refractivity contribution >= 4 is 5.69 Å². The number of likely N-dealkylation sites (tertiary alicyclic amines) is 1. The highest BCUT2D eigenvalue weighted by Crippen LogP contribution is 2.28. The van der Waals surface area contributed by atoms with Crippen LogP contribution in [0.2, 0.25) is 0 Å². The van der Waals surface area contributed by atoms with Gasteiger partial charge in [-0.25, -0.2) is 0 Å². The fourth-order valence-electron chi connectivity index (χ4n) is 2.08. The van der Waals surface area contributed by atoms with Crippen LogP contribution in [-0.2, 0) is 0 Å². The van der Waals surface area contributed by atoms with Crippen LogP contribution in [0.3, 0.4) is 0 Å². The second kappa shape index (κ2) is 5.46. The first-order chi connectivity index (χ1) is 8.58. The van der Waals surface area contributed by atoms with Crippen molar-refractivity contribution in [2.24, 2.45) is 0 Å². The largest absolute Gasteiger partial charge is 0.494 e. The highest BCUT2D eigenvalue weighted by molar-refractivity contribution is 5.55. The van der Waals surface area contributed by atoms with E-state index < -0.39 is 0 Å². The van der Waals surface area contributed by atoms with Crippen molar-refractivity contribution in [3.63, 3.8) is 0 Å². The van der Waals surface area contributed by atoms with Gasteiger partial charge in [-0.05, 0) is 19.1 Å². The molecule has 1 heterocycles. The molecule has 1 aliphatic heterocycles. The maximum absolute atomic E-state index is 9.25. The maximum atomic E-state index is 9.25. The second-order valence-corrected chi connectivity index (χ2v) is 4.71. The molecule has 0 radical (unpaired) electrons. The minimum atomic E-state index is -0.289. The van der Waals surface area contributed by atoms with E-state index in [2.05, 4.69) is 4.90 Å². The lowest BCUT2D eigenvalue weighted by Gasteiger charge is -2.39. The number of β-amino-alcohol motifs (C(OH)–C–C–N with tert-alkyl or cyclic N) is 1. The zero-order valence-corrected chi connectivity index (χ0v) is 10.8. The van der Waals surface area contributed by atoms with Crippen LogP contribution in [0.1, 0.15) is 6.92 Å². The average Bonchev–Trinajstić information content (AvgIpc) is 2.28. The van der Waals surface area contributed by atoms with Crippen molar-refractivity contribution in [3.8, 4) is 11.5 Å². The first-order valence-electron chi connectivity index (χ1n) is 6.09. The number of rotatable bonds is 5. The minimum absolute atomic E-state index is 0.178. The highest BCUT2D eigenvalue weighted by Gasteiger charge is 2.28. The summed E-state index contributed by atoms with van der Waals surface area (Å²) in [7, 11) is 1.59. The van der Waals surface area contributed by atoms with Crippen LogP contribution in [0.25, 0.3) is 0 Å². The molecule has 0 bridgehead atoms. The van der Waals surface area contributed by atoms with Gasteiger partial charge < -0.3 is 20.3 Å². The molecule has 18 heavy (non-hydrogen) atoms. The average molecular weight is 252 g/mol. The van der Waals surface area contributed by atoms with E-state index in [1.807, 2.05) is 6.07 Å². The quantitative estimate of drug-likeness (QED) is 0.756. The summed E-state index contributed by atoms with van der Waals surface area (Å²) in [6, 6.07) is 5.42. The predicted molar refractivity (Wildman–Crippen MR) is 69.9 cm³/mol. The van der Waals surface area contributed by atoms with Gasteiger partial charge in [0.15, 0.2) is 0 Å². The van der Waals surface area contributed by atoms with Crippen LogP contribution >= 0.6 is 0 Å². The number of aliphatic hydroxyl groups is 1. The summed E-state index contributed by atoms with van der Waals surface area (Å²) in [5.74, 6) is 1.40. The number of aliphatic hydroxyl groups excluding tert-OH is 1. The van der Waals surface area contributed by atoms with Gasteiger partial charge in [-0.2, -0.15) is 0 Å². The summed E-state index contributed by atoms with van der Waals surface area (Å²) < 4.78 is 10.9. The molecule has 1 aliphatic rings. The highest BCUT2D eigenvalue weighted by atomic mass is 16.5. The van der Waals surface area contributed by atoms with Crippen LogP contribution in [0.4, 0.5) is 5.69 Å². The lowest BCUT2D eigenvalue weighted by Crippen LogP contribution is -2.55. The van der Waals surface area contributed by atoms with Crippen molar-refractivity contribution in [1.82, 2.24) is 4.90 Å². The van der Waals surface area contributed by atoms with Gasteiger partial charge >= 0.3 is 0 Å². The Morgan fingerprint density at radius 3 is 2.83 bits per heavy atom. The van der Waals surface area contributed by atoms with E-state index in [9.17, 15) is 5.11 Å². The number of nitrogen functional groups attached to an aromatic ring is 1. The topological polar surface area (TPSA) is 68.0 Å². The molecule has 0 saturated carbocycles. The van der Waals surface area contributed by atoms with Gasteiger partial charge in [0, 0.05) is 25.7 Å². The smallest absolute Gasteiger partial charge is 0.145 e. The summed E-state index contributed by atoms with van der Waals surface area (Å²) in [4.78, 5) is 2.16. The summed E-state index contributed by atoms with van der Waals surface area (Å²) >= 11 is 0. The van der Waals surface area contributed by atoms with Gasteiger partial charge in [0.05, 0.1) is 18.9 Å². The van der Waals surface area contributed by atoms with Crippen LogP contribution in [-0.4, -0.2) is 49.0 Å².